The van der Waals surface area contributed by atoms with Crippen LogP contribution < -0.4 is 20.9 Å². The number of hydrogen-bond acceptors (Lipinski definition) is 7. The average Bonchev–Trinajstić information content (AvgIpc) is 2.42. The van der Waals surface area contributed by atoms with E-state index in [9.17, 15) is 0 Å². The minimum Gasteiger partial charge on any atom is -0.490 e. The van der Waals surface area contributed by atoms with Crippen LogP contribution in [0, 0.1) is 0 Å². The molecule has 18 heavy (non-hydrogen) atoms. The molecule has 0 aromatic carbocycles. The molecule has 0 aliphatic carbocycles. The van der Waals surface area contributed by atoms with Gasteiger partial charge in [-0.2, -0.15) is 0 Å². The molecule has 7 nitrogen and oxygen atoms in total. The molecule has 102 valence electrons. The predicted octanol–water partition coefficient (Wildman–Crippen LogP) is 0.370. The number of aliphatic hydroxyl groups excluding tert-OH is 1. The topological polar surface area (TPSA) is 96.5 Å². The van der Waals surface area contributed by atoms with Crippen molar-refractivity contribution in [2.45, 2.75) is 19.8 Å². The molecule has 0 amide bonds. The van der Waals surface area contributed by atoms with E-state index in [-0.39, 0.29) is 6.61 Å². The summed E-state index contributed by atoms with van der Waals surface area (Å²) in [7, 11) is 1.54. The number of unbranched alkanes of at least 4 members (excludes halogenated alkanes) is 1. The SMILES string of the molecule is CCCCN(CCO)c1ncnc(NN)c1OC. The fourth-order valence-corrected chi connectivity index (χ4v) is 1.67. The van der Waals surface area contributed by atoms with Gasteiger partial charge in [0, 0.05) is 13.1 Å². The van der Waals surface area contributed by atoms with Gasteiger partial charge in [0.2, 0.25) is 5.75 Å². The standard InChI is InChI=1S/C11H21N5O2/c1-3-4-5-16(6-7-17)11-9(18-2)10(15-12)13-8-14-11/h8,17H,3-7,12H2,1-2H3,(H,13,14,15). The van der Waals surface area contributed by atoms with Gasteiger partial charge in [0.15, 0.2) is 11.6 Å². The fourth-order valence-electron chi connectivity index (χ4n) is 1.67. The zero-order valence-corrected chi connectivity index (χ0v) is 10.9. The third kappa shape index (κ3) is 3.44. The second-order valence-corrected chi connectivity index (χ2v) is 3.79. The molecule has 1 aromatic heterocycles. The van der Waals surface area contributed by atoms with Gasteiger partial charge < -0.3 is 20.2 Å². The van der Waals surface area contributed by atoms with Crippen molar-refractivity contribution in [1.82, 2.24) is 9.97 Å². The summed E-state index contributed by atoms with van der Waals surface area (Å²) in [4.78, 5) is 10.2. The number of rotatable bonds is 8. The van der Waals surface area contributed by atoms with Crippen molar-refractivity contribution in [3.63, 3.8) is 0 Å². The zero-order chi connectivity index (χ0) is 13.4. The molecule has 0 radical (unpaired) electrons. The van der Waals surface area contributed by atoms with Crippen LogP contribution in [0.25, 0.3) is 0 Å². The van der Waals surface area contributed by atoms with Gasteiger partial charge >= 0.3 is 0 Å². The van der Waals surface area contributed by atoms with Gasteiger partial charge in [-0.3, -0.25) is 0 Å². The first-order valence-corrected chi connectivity index (χ1v) is 5.99. The highest BCUT2D eigenvalue weighted by molar-refractivity contribution is 5.64. The van der Waals surface area contributed by atoms with Gasteiger partial charge in [-0.05, 0) is 6.42 Å². The van der Waals surface area contributed by atoms with Crippen molar-refractivity contribution in [1.29, 1.82) is 0 Å². The minimum atomic E-state index is 0.0578. The molecule has 0 bridgehead atoms. The van der Waals surface area contributed by atoms with Crippen molar-refractivity contribution in [2.75, 3.05) is 37.1 Å². The van der Waals surface area contributed by atoms with E-state index in [1.54, 1.807) is 7.11 Å². The Morgan fingerprint density at radius 1 is 1.44 bits per heavy atom. The third-order valence-electron chi connectivity index (χ3n) is 2.58. The zero-order valence-electron chi connectivity index (χ0n) is 10.9. The Labute approximate surface area is 107 Å². The number of nitrogens with zero attached hydrogens (tertiary/aromatic N) is 3. The molecule has 0 spiro atoms. The van der Waals surface area contributed by atoms with E-state index in [2.05, 4.69) is 22.3 Å². The van der Waals surface area contributed by atoms with Crippen LogP contribution in [0.4, 0.5) is 11.6 Å². The second kappa shape index (κ2) is 7.67. The largest absolute Gasteiger partial charge is 0.490 e. The van der Waals surface area contributed by atoms with Crippen LogP contribution in [0.2, 0.25) is 0 Å². The summed E-state index contributed by atoms with van der Waals surface area (Å²) in [6.45, 7) is 3.47. The molecule has 1 heterocycles. The Hall–Kier alpha value is -1.60. The lowest BCUT2D eigenvalue weighted by Crippen LogP contribution is -2.29. The summed E-state index contributed by atoms with van der Waals surface area (Å²) in [6.07, 6.45) is 3.50. The van der Waals surface area contributed by atoms with Gasteiger partial charge in [-0.25, -0.2) is 15.8 Å². The first kappa shape index (κ1) is 14.5. The molecule has 0 fully saturated rings. The number of ether oxygens (including phenoxy) is 1. The normalized spacial score (nSPS) is 10.2. The van der Waals surface area contributed by atoms with Crippen LogP contribution >= 0.6 is 0 Å². The summed E-state index contributed by atoms with van der Waals surface area (Å²) in [5.41, 5.74) is 2.47. The second-order valence-electron chi connectivity index (χ2n) is 3.79. The molecule has 0 aliphatic rings. The molecule has 4 N–H and O–H groups in total. The number of nitrogen functional groups attached to an aromatic ring is 1. The maximum Gasteiger partial charge on any atom is 0.205 e. The molecular weight excluding hydrogens is 234 g/mol. The lowest BCUT2D eigenvalue weighted by Gasteiger charge is -2.24. The molecule has 7 heteroatoms. The highest BCUT2D eigenvalue weighted by Gasteiger charge is 2.17. The molecule has 0 saturated carbocycles. The number of nitrogens with two attached hydrogens (primary N) is 1. The quantitative estimate of drug-likeness (QED) is 0.456. The Balaban J connectivity index is 3.01. The first-order valence-electron chi connectivity index (χ1n) is 5.99. The van der Waals surface area contributed by atoms with Gasteiger partial charge in [-0.1, -0.05) is 13.3 Å². The van der Waals surface area contributed by atoms with Crippen molar-refractivity contribution >= 4 is 11.6 Å². The Kier molecular flexibility index (Phi) is 6.16. The first-order chi connectivity index (χ1) is 8.78. The van der Waals surface area contributed by atoms with Crippen LogP contribution in [0.5, 0.6) is 5.75 Å². The minimum absolute atomic E-state index is 0.0578. The summed E-state index contributed by atoms with van der Waals surface area (Å²) >= 11 is 0. The van der Waals surface area contributed by atoms with Crippen LogP contribution in [0.3, 0.4) is 0 Å². The van der Waals surface area contributed by atoms with Gasteiger partial charge in [0.05, 0.1) is 13.7 Å². The van der Waals surface area contributed by atoms with E-state index in [4.69, 9.17) is 15.7 Å². The number of aromatic nitrogens is 2. The lowest BCUT2D eigenvalue weighted by atomic mass is 10.3. The summed E-state index contributed by atoms with van der Waals surface area (Å²) in [5.74, 6) is 6.95. The van der Waals surface area contributed by atoms with E-state index < -0.39 is 0 Å². The van der Waals surface area contributed by atoms with Crippen molar-refractivity contribution in [3.05, 3.63) is 6.33 Å². The predicted molar refractivity (Wildman–Crippen MR) is 70.6 cm³/mol. The van der Waals surface area contributed by atoms with Crippen molar-refractivity contribution in [3.8, 4) is 5.75 Å². The molecular formula is C11H21N5O2. The summed E-state index contributed by atoms with van der Waals surface area (Å²) in [6, 6.07) is 0. The van der Waals surface area contributed by atoms with E-state index in [0.717, 1.165) is 19.4 Å². The molecule has 1 rings (SSSR count). The van der Waals surface area contributed by atoms with Crippen molar-refractivity contribution < 1.29 is 9.84 Å². The molecule has 0 saturated heterocycles. The van der Waals surface area contributed by atoms with E-state index in [1.165, 1.54) is 6.33 Å². The van der Waals surface area contributed by atoms with Crippen LogP contribution in [0.15, 0.2) is 6.33 Å². The van der Waals surface area contributed by atoms with Crippen LogP contribution in [-0.2, 0) is 0 Å². The number of aliphatic hydroxyl groups is 1. The maximum atomic E-state index is 9.12. The molecule has 0 aliphatic heterocycles. The monoisotopic (exact) mass is 255 g/mol. The van der Waals surface area contributed by atoms with Crippen LogP contribution in [-0.4, -0.2) is 41.9 Å². The van der Waals surface area contributed by atoms with Gasteiger partial charge in [0.25, 0.3) is 0 Å². The number of methoxy groups -OCH3 is 1. The number of hydrazine groups is 1. The van der Waals surface area contributed by atoms with E-state index >= 15 is 0 Å². The molecule has 0 unspecified atom stereocenters. The Morgan fingerprint density at radius 3 is 2.78 bits per heavy atom. The molecule has 0 atom stereocenters. The highest BCUT2D eigenvalue weighted by Crippen LogP contribution is 2.31. The van der Waals surface area contributed by atoms with Gasteiger partial charge in [0.1, 0.15) is 6.33 Å². The number of hydrogen-bond donors (Lipinski definition) is 3. The summed E-state index contributed by atoms with van der Waals surface area (Å²) in [5, 5.41) is 9.12. The van der Waals surface area contributed by atoms with Crippen LogP contribution in [0.1, 0.15) is 19.8 Å². The number of anilines is 2. The maximum absolute atomic E-state index is 9.12. The van der Waals surface area contributed by atoms with Gasteiger partial charge in [-0.15, -0.1) is 0 Å². The Morgan fingerprint density at radius 2 is 2.22 bits per heavy atom. The number of nitrogens with one attached hydrogen (secondary N) is 1. The highest BCUT2D eigenvalue weighted by atomic mass is 16.5. The fraction of sp³-hybridized carbons (Fsp3) is 0.636. The Bertz CT molecular complexity index is 361. The van der Waals surface area contributed by atoms with Crippen molar-refractivity contribution in [2.24, 2.45) is 5.84 Å². The third-order valence-corrected chi connectivity index (χ3v) is 2.58. The smallest absolute Gasteiger partial charge is 0.205 e. The average molecular weight is 255 g/mol. The lowest BCUT2D eigenvalue weighted by molar-refractivity contribution is 0.300. The van der Waals surface area contributed by atoms with E-state index in [1.807, 2.05) is 4.90 Å². The van der Waals surface area contributed by atoms with E-state index in [0.29, 0.717) is 23.9 Å². The summed E-state index contributed by atoms with van der Waals surface area (Å²) < 4.78 is 5.28. The molecule has 1 aromatic rings.